The van der Waals surface area contributed by atoms with Crippen molar-refractivity contribution in [2.75, 3.05) is 0 Å². The molecular formula is C18H23NOS2. The van der Waals surface area contributed by atoms with Gasteiger partial charge in [-0.15, -0.1) is 11.3 Å². The summed E-state index contributed by atoms with van der Waals surface area (Å²) < 4.78 is 2.88. The molecule has 1 aromatic carbocycles. The fourth-order valence-corrected chi connectivity index (χ4v) is 4.69. The lowest BCUT2D eigenvalue weighted by molar-refractivity contribution is 0.285. The zero-order chi connectivity index (χ0) is 15.7. The van der Waals surface area contributed by atoms with Crippen molar-refractivity contribution in [2.24, 2.45) is 5.41 Å². The first-order valence-corrected chi connectivity index (χ1v) is 9.01. The second kappa shape index (κ2) is 6.36. The molecular weight excluding hydrogens is 310 g/mol. The van der Waals surface area contributed by atoms with Crippen molar-refractivity contribution in [3.8, 4) is 11.1 Å². The maximum Gasteiger partial charge on any atom is 0.0780 e. The van der Waals surface area contributed by atoms with E-state index < -0.39 is 0 Å². The summed E-state index contributed by atoms with van der Waals surface area (Å²) in [4.78, 5) is 2.59. The van der Waals surface area contributed by atoms with E-state index in [9.17, 15) is 5.11 Å². The molecule has 2 nitrogen and oxygen atoms in total. The molecule has 0 spiro atoms. The highest BCUT2D eigenvalue weighted by Gasteiger charge is 2.30. The van der Waals surface area contributed by atoms with Gasteiger partial charge in [-0.3, -0.25) is 4.72 Å². The molecule has 0 bridgehead atoms. The van der Waals surface area contributed by atoms with Crippen LogP contribution in [-0.2, 0) is 26.0 Å². The topological polar surface area (TPSA) is 32.3 Å². The van der Waals surface area contributed by atoms with Crippen LogP contribution in [0, 0.1) is 5.41 Å². The third kappa shape index (κ3) is 3.11. The van der Waals surface area contributed by atoms with Crippen molar-refractivity contribution in [3.05, 3.63) is 45.1 Å². The number of nitrogens with one attached hydrogen (secondary N) is 1. The summed E-state index contributed by atoms with van der Waals surface area (Å²) >= 11 is 5.85. The number of aryl methyl sites for hydroxylation is 1. The number of benzene rings is 1. The molecule has 0 saturated carbocycles. The first kappa shape index (κ1) is 16.1. The highest BCUT2D eigenvalue weighted by Crippen LogP contribution is 2.45. The Balaban J connectivity index is 2.04. The first-order chi connectivity index (χ1) is 10.5. The lowest BCUT2D eigenvalue weighted by Gasteiger charge is -2.30. The third-order valence-corrected chi connectivity index (χ3v) is 5.95. The van der Waals surface area contributed by atoms with E-state index in [-0.39, 0.29) is 6.61 Å². The summed E-state index contributed by atoms with van der Waals surface area (Å²) in [5.41, 5.74) is 5.53. The summed E-state index contributed by atoms with van der Waals surface area (Å²) in [6, 6.07) is 8.61. The van der Waals surface area contributed by atoms with Gasteiger partial charge in [-0.2, -0.15) is 0 Å². The predicted molar refractivity (Wildman–Crippen MR) is 97.3 cm³/mol. The van der Waals surface area contributed by atoms with Crippen LogP contribution in [0.3, 0.4) is 0 Å². The minimum absolute atomic E-state index is 0.132. The number of fused-ring (bicyclic) bond motifs is 1. The Labute approximate surface area is 142 Å². The van der Waals surface area contributed by atoms with Gasteiger partial charge < -0.3 is 5.11 Å². The van der Waals surface area contributed by atoms with E-state index in [0.717, 1.165) is 24.3 Å². The quantitative estimate of drug-likeness (QED) is 0.727. The van der Waals surface area contributed by atoms with E-state index in [4.69, 9.17) is 0 Å². The Hall–Kier alpha value is -0.810. The van der Waals surface area contributed by atoms with Gasteiger partial charge in [-0.1, -0.05) is 50.9 Å². The number of thiol groups is 1. The van der Waals surface area contributed by atoms with E-state index in [1.165, 1.54) is 33.6 Å². The van der Waals surface area contributed by atoms with Gasteiger partial charge in [-0.05, 0) is 41.4 Å². The predicted octanol–water partition coefficient (Wildman–Crippen LogP) is 4.36. The Kier molecular flexibility index (Phi) is 4.64. The highest BCUT2D eigenvalue weighted by molar-refractivity contribution is 7.78. The molecule has 1 aliphatic carbocycles. The van der Waals surface area contributed by atoms with Crippen molar-refractivity contribution in [2.45, 2.75) is 46.3 Å². The SMILES string of the molecule is CC1(C)CCc2sc(CO)c(-c3ccc(CNS)cc3)c2C1. The number of rotatable bonds is 4. The van der Waals surface area contributed by atoms with Gasteiger partial charge in [0.2, 0.25) is 0 Å². The van der Waals surface area contributed by atoms with Gasteiger partial charge >= 0.3 is 0 Å². The summed E-state index contributed by atoms with van der Waals surface area (Å²) in [7, 11) is 0. The molecule has 2 N–H and O–H groups in total. The van der Waals surface area contributed by atoms with E-state index in [1.54, 1.807) is 11.3 Å². The minimum Gasteiger partial charge on any atom is -0.391 e. The molecule has 0 saturated heterocycles. The van der Waals surface area contributed by atoms with Crippen LogP contribution in [0.1, 0.15) is 41.1 Å². The Bertz CT molecular complexity index is 658. The molecule has 0 aliphatic heterocycles. The van der Waals surface area contributed by atoms with Crippen LogP contribution in [-0.4, -0.2) is 5.11 Å². The maximum atomic E-state index is 9.79. The lowest BCUT2D eigenvalue weighted by Crippen LogP contribution is -2.21. The number of aliphatic hydroxyl groups is 1. The largest absolute Gasteiger partial charge is 0.391 e. The molecule has 1 heterocycles. The van der Waals surface area contributed by atoms with Gasteiger partial charge in [-0.25, -0.2) is 0 Å². The van der Waals surface area contributed by atoms with Crippen LogP contribution in [0.25, 0.3) is 11.1 Å². The fraction of sp³-hybridized carbons (Fsp3) is 0.444. The summed E-state index contributed by atoms with van der Waals surface area (Å²) in [5.74, 6) is 0. The Morgan fingerprint density at radius 1 is 1.27 bits per heavy atom. The van der Waals surface area contributed by atoms with Crippen LogP contribution >= 0.6 is 24.2 Å². The minimum atomic E-state index is 0.132. The Morgan fingerprint density at radius 3 is 2.64 bits per heavy atom. The van der Waals surface area contributed by atoms with Crippen LogP contribution in [0.5, 0.6) is 0 Å². The van der Waals surface area contributed by atoms with E-state index in [1.807, 2.05) is 0 Å². The first-order valence-electron chi connectivity index (χ1n) is 7.74. The molecule has 1 aromatic heterocycles. The molecule has 0 amide bonds. The van der Waals surface area contributed by atoms with Gasteiger partial charge in [0.15, 0.2) is 0 Å². The second-order valence-electron chi connectivity index (χ2n) is 6.83. The van der Waals surface area contributed by atoms with Crippen molar-refractivity contribution >= 4 is 24.2 Å². The molecule has 0 fully saturated rings. The molecule has 2 aromatic rings. The van der Waals surface area contributed by atoms with E-state index >= 15 is 0 Å². The summed E-state index contributed by atoms with van der Waals surface area (Å²) in [6.07, 6.45) is 3.48. The molecule has 0 radical (unpaired) electrons. The van der Waals surface area contributed by atoms with Crippen LogP contribution < -0.4 is 4.72 Å². The maximum absolute atomic E-state index is 9.79. The molecule has 1 aliphatic rings. The number of hydrogen-bond donors (Lipinski definition) is 3. The third-order valence-electron chi connectivity index (χ3n) is 4.52. The van der Waals surface area contributed by atoms with Crippen molar-refractivity contribution in [3.63, 3.8) is 0 Å². The lowest BCUT2D eigenvalue weighted by atomic mass is 9.75. The Morgan fingerprint density at radius 2 is 2.00 bits per heavy atom. The highest BCUT2D eigenvalue weighted by atomic mass is 32.1. The molecule has 118 valence electrons. The number of thiophene rings is 1. The van der Waals surface area contributed by atoms with Crippen molar-refractivity contribution in [1.82, 2.24) is 4.72 Å². The van der Waals surface area contributed by atoms with Crippen LogP contribution in [0.4, 0.5) is 0 Å². The summed E-state index contributed by atoms with van der Waals surface area (Å²) in [6.45, 7) is 5.58. The van der Waals surface area contributed by atoms with Crippen LogP contribution in [0.15, 0.2) is 24.3 Å². The zero-order valence-electron chi connectivity index (χ0n) is 13.1. The van der Waals surface area contributed by atoms with Gasteiger partial charge in [0.1, 0.15) is 0 Å². The molecule has 3 rings (SSSR count). The van der Waals surface area contributed by atoms with Gasteiger partial charge in [0.25, 0.3) is 0 Å². The number of hydrogen-bond acceptors (Lipinski definition) is 4. The molecule has 0 atom stereocenters. The number of aliphatic hydroxyl groups excluding tert-OH is 1. The molecule has 0 unspecified atom stereocenters. The smallest absolute Gasteiger partial charge is 0.0780 e. The van der Waals surface area contributed by atoms with Gasteiger partial charge in [0.05, 0.1) is 6.61 Å². The second-order valence-corrected chi connectivity index (χ2v) is 8.34. The average molecular weight is 334 g/mol. The van der Waals surface area contributed by atoms with Crippen molar-refractivity contribution < 1.29 is 5.11 Å². The van der Waals surface area contributed by atoms with E-state index in [0.29, 0.717) is 5.41 Å². The average Bonchev–Trinajstić information content (AvgIpc) is 2.85. The van der Waals surface area contributed by atoms with Gasteiger partial charge in [0, 0.05) is 21.9 Å². The zero-order valence-corrected chi connectivity index (χ0v) is 14.9. The standard InChI is InChI=1S/C18H23NOS2/c1-18(2)8-7-15-14(9-18)17(16(11-20)22-15)13-5-3-12(4-6-13)10-19-21/h3-6,19-21H,7-11H2,1-2H3. The van der Waals surface area contributed by atoms with E-state index in [2.05, 4.69) is 55.6 Å². The normalized spacial score (nSPS) is 16.5. The monoisotopic (exact) mass is 333 g/mol. The van der Waals surface area contributed by atoms with Crippen molar-refractivity contribution in [1.29, 1.82) is 0 Å². The molecule has 22 heavy (non-hydrogen) atoms. The fourth-order valence-electron chi connectivity index (χ4n) is 3.30. The van der Waals surface area contributed by atoms with Crippen LogP contribution in [0.2, 0.25) is 0 Å². The molecule has 4 heteroatoms. The summed E-state index contributed by atoms with van der Waals surface area (Å²) in [5, 5.41) is 9.79.